The fourth-order valence-electron chi connectivity index (χ4n) is 5.72. The maximum atomic E-state index is 12.3. The third-order valence-electron chi connectivity index (χ3n) is 8.55. The molecule has 0 radical (unpaired) electrons. The predicted molar refractivity (Wildman–Crippen MR) is 168 cm³/mol. The van der Waals surface area contributed by atoms with Crippen molar-refractivity contribution in [1.29, 1.82) is 0 Å². The van der Waals surface area contributed by atoms with Gasteiger partial charge in [-0.2, -0.15) is 0 Å². The number of hydrogen-bond acceptors (Lipinski definition) is 14. The maximum Gasteiger partial charge on any atom is 0.222 e. The molecule has 3 saturated heterocycles. The molecule has 3 rings (SSSR count). The van der Waals surface area contributed by atoms with E-state index in [0.717, 1.165) is 0 Å². The summed E-state index contributed by atoms with van der Waals surface area (Å²) in [6, 6.07) is -1.60. The van der Waals surface area contributed by atoms with Crippen molar-refractivity contribution < 1.29 is 68.4 Å². The lowest BCUT2D eigenvalue weighted by molar-refractivity contribution is -0.270. The molecule has 0 saturated carbocycles. The van der Waals surface area contributed by atoms with E-state index >= 15 is 0 Å². The molecule has 3 fully saturated rings. The van der Waals surface area contributed by atoms with Gasteiger partial charge in [-0.1, -0.05) is 6.92 Å². The van der Waals surface area contributed by atoms with E-state index in [2.05, 4.69) is 21.3 Å². The third-order valence-corrected chi connectivity index (χ3v) is 8.55. The highest BCUT2D eigenvalue weighted by Gasteiger charge is 2.65. The summed E-state index contributed by atoms with van der Waals surface area (Å²) in [5.41, 5.74) is 0. The molecule has 0 bridgehead atoms. The number of hydrogen-bond donors (Lipinski definition) is 9. The molecule has 282 valence electrons. The van der Waals surface area contributed by atoms with Gasteiger partial charge < -0.3 is 70.5 Å². The average Bonchev–Trinajstić information content (AvgIpc) is 3.73. The number of carbonyl (C=O) groups is 4. The van der Waals surface area contributed by atoms with Crippen LogP contribution >= 0.6 is 0 Å². The van der Waals surface area contributed by atoms with E-state index in [0.29, 0.717) is 38.8 Å². The summed E-state index contributed by atoms with van der Waals surface area (Å²) in [6.07, 6.45) is -4.64. The first-order chi connectivity index (χ1) is 23.3. The van der Waals surface area contributed by atoms with Gasteiger partial charge >= 0.3 is 0 Å². The van der Waals surface area contributed by atoms with Crippen LogP contribution in [0.25, 0.3) is 0 Å². The number of fused-ring (bicyclic) bond motifs is 1. The van der Waals surface area contributed by atoms with Crippen molar-refractivity contribution in [1.82, 2.24) is 21.3 Å². The van der Waals surface area contributed by atoms with Crippen LogP contribution in [0.15, 0.2) is 0 Å². The summed E-state index contributed by atoms with van der Waals surface area (Å²) in [7, 11) is 0. The fraction of sp³-hybridized carbons (Fsp3) is 0.871. The van der Waals surface area contributed by atoms with Gasteiger partial charge in [0.05, 0.1) is 19.3 Å². The van der Waals surface area contributed by atoms with Gasteiger partial charge in [-0.3, -0.25) is 19.2 Å². The number of aliphatic hydroxyl groups excluding tert-OH is 4. The molecule has 3 aliphatic rings. The van der Waals surface area contributed by atoms with Crippen molar-refractivity contribution >= 4 is 23.6 Å². The molecule has 49 heavy (non-hydrogen) atoms. The number of aliphatic hydroxyl groups is 5. The molecule has 0 spiro atoms. The lowest BCUT2D eigenvalue weighted by Crippen LogP contribution is -2.64. The van der Waals surface area contributed by atoms with Crippen molar-refractivity contribution in [3.05, 3.63) is 0 Å². The first-order valence-electron chi connectivity index (χ1n) is 16.9. The molecule has 0 aromatic heterocycles. The van der Waals surface area contributed by atoms with Gasteiger partial charge in [0.25, 0.3) is 0 Å². The topological polar surface area (TPSA) is 267 Å². The molecule has 11 atom stereocenters. The van der Waals surface area contributed by atoms with Crippen LogP contribution in [0.4, 0.5) is 0 Å². The van der Waals surface area contributed by atoms with E-state index < -0.39 is 80.1 Å². The molecule has 0 aliphatic carbocycles. The van der Waals surface area contributed by atoms with E-state index in [4.69, 9.17) is 23.7 Å². The summed E-state index contributed by atoms with van der Waals surface area (Å²) in [4.78, 5) is 47.8. The molecular formula is C31H54N4O14. The first kappa shape index (κ1) is 40.9. The van der Waals surface area contributed by atoms with Crippen LogP contribution < -0.4 is 21.3 Å². The summed E-state index contributed by atoms with van der Waals surface area (Å²) < 4.78 is 28.0. The Morgan fingerprint density at radius 2 is 1.39 bits per heavy atom. The van der Waals surface area contributed by atoms with Crippen molar-refractivity contribution in [3.63, 3.8) is 0 Å². The Morgan fingerprint density at radius 3 is 1.92 bits per heavy atom. The van der Waals surface area contributed by atoms with Crippen LogP contribution in [0.5, 0.6) is 0 Å². The predicted octanol–water partition coefficient (Wildman–Crippen LogP) is -3.13. The average molecular weight is 707 g/mol. The molecule has 3 aliphatic heterocycles. The number of epoxide rings is 1. The standard InChI is InChI=1S/C31H54N4O14/c1-17(14-33-25(41)9-5-7-11-46-30-26(35-19(3)39)28(43)27(42)21(15-36)47-30)13-32-24(40)8-4-6-10-45-29-20(34-18(2)38)12-22-31(44,49-22)23(16-37)48-29/h17,20-23,26-30,36-37,42-44H,4-16H2,1-3H3,(H,32,40)(H,33,41)(H,34,38)(H,35,39)/t17?,20?,21?,22?,23?,26?,27-,28?,29+,30+,31-/m0/s1. The molecule has 0 aromatic carbocycles. The third kappa shape index (κ3) is 12.6. The molecule has 18 nitrogen and oxygen atoms in total. The molecule has 0 aromatic rings. The van der Waals surface area contributed by atoms with E-state index in [-0.39, 0.29) is 56.1 Å². The number of unbranched alkanes of at least 4 members (excludes halogenated alkanes) is 2. The van der Waals surface area contributed by atoms with Gasteiger partial charge in [-0.05, 0) is 31.6 Å². The largest absolute Gasteiger partial charge is 0.394 e. The van der Waals surface area contributed by atoms with E-state index in [1.165, 1.54) is 13.8 Å². The van der Waals surface area contributed by atoms with Crippen molar-refractivity contribution in [2.24, 2.45) is 5.92 Å². The smallest absolute Gasteiger partial charge is 0.222 e. The Balaban J connectivity index is 1.23. The van der Waals surface area contributed by atoms with Gasteiger partial charge in [-0.25, -0.2) is 0 Å². The number of nitrogens with one attached hydrogen (secondary N) is 4. The monoisotopic (exact) mass is 706 g/mol. The highest BCUT2D eigenvalue weighted by molar-refractivity contribution is 5.76. The van der Waals surface area contributed by atoms with Crippen LogP contribution in [0.1, 0.15) is 65.7 Å². The zero-order chi connectivity index (χ0) is 36.1. The molecule has 7 unspecified atom stereocenters. The molecule has 18 heteroatoms. The molecule has 9 N–H and O–H groups in total. The van der Waals surface area contributed by atoms with Crippen molar-refractivity contribution in [3.8, 4) is 0 Å². The SMILES string of the molecule is CC(=O)NC1CC2O[C@]2(O)C(CO)O[C@H]1OCCCCC(=O)NCC(C)CNC(=O)CCCCO[C@@H]1OC(CO)[C@H](O)C(O)C1NC(C)=O. The zero-order valence-corrected chi connectivity index (χ0v) is 28.4. The Labute approximate surface area is 285 Å². The summed E-state index contributed by atoms with van der Waals surface area (Å²) in [6.45, 7) is 4.61. The number of rotatable bonds is 20. The number of amides is 4. The van der Waals surface area contributed by atoms with E-state index in [9.17, 15) is 44.7 Å². The highest BCUT2D eigenvalue weighted by atomic mass is 16.8. The first-order valence-corrected chi connectivity index (χ1v) is 16.9. The molecular weight excluding hydrogens is 652 g/mol. The van der Waals surface area contributed by atoms with Crippen LogP contribution in [-0.4, -0.2) is 150 Å². The highest BCUT2D eigenvalue weighted by Crippen LogP contribution is 2.44. The van der Waals surface area contributed by atoms with Gasteiger partial charge in [0.1, 0.15) is 36.6 Å². The Hall–Kier alpha value is -2.52. The van der Waals surface area contributed by atoms with Crippen LogP contribution in [0.2, 0.25) is 0 Å². The zero-order valence-electron chi connectivity index (χ0n) is 28.4. The second-order valence-electron chi connectivity index (χ2n) is 12.9. The number of ether oxygens (including phenoxy) is 5. The lowest BCUT2D eigenvalue weighted by atomic mass is 9.97. The minimum atomic E-state index is -1.60. The normalized spacial score (nSPS) is 33.0. The van der Waals surface area contributed by atoms with Crippen LogP contribution in [-0.2, 0) is 42.9 Å². The van der Waals surface area contributed by atoms with Crippen molar-refractivity contribution in [2.75, 3.05) is 39.5 Å². The van der Waals surface area contributed by atoms with Crippen LogP contribution in [0, 0.1) is 5.92 Å². The van der Waals surface area contributed by atoms with Crippen molar-refractivity contribution in [2.45, 2.75) is 127 Å². The quantitative estimate of drug-likeness (QED) is 0.0448. The molecule has 3 heterocycles. The van der Waals surface area contributed by atoms with E-state index in [1.807, 2.05) is 6.92 Å². The summed E-state index contributed by atoms with van der Waals surface area (Å²) in [5, 5.41) is 60.8. The Kier molecular flexibility index (Phi) is 16.5. The second kappa shape index (κ2) is 19.8. The Morgan fingerprint density at radius 1 is 0.816 bits per heavy atom. The molecule has 4 amide bonds. The number of carbonyl (C=O) groups excluding carboxylic acids is 4. The lowest BCUT2D eigenvalue weighted by Gasteiger charge is -2.42. The Bertz CT molecular complexity index is 1090. The maximum absolute atomic E-state index is 12.3. The van der Waals surface area contributed by atoms with Gasteiger partial charge in [0, 0.05) is 59.4 Å². The van der Waals surface area contributed by atoms with Crippen LogP contribution in [0.3, 0.4) is 0 Å². The minimum Gasteiger partial charge on any atom is -0.394 e. The van der Waals surface area contributed by atoms with E-state index in [1.54, 1.807) is 0 Å². The fourth-order valence-corrected chi connectivity index (χ4v) is 5.72. The van der Waals surface area contributed by atoms with Gasteiger partial charge in [0.15, 0.2) is 12.6 Å². The second-order valence-corrected chi connectivity index (χ2v) is 12.9. The summed E-state index contributed by atoms with van der Waals surface area (Å²) >= 11 is 0. The van der Waals surface area contributed by atoms with Gasteiger partial charge in [0.2, 0.25) is 29.4 Å². The minimum absolute atomic E-state index is 0.0162. The van der Waals surface area contributed by atoms with Gasteiger partial charge in [-0.15, -0.1) is 0 Å². The summed E-state index contributed by atoms with van der Waals surface area (Å²) in [5.74, 6) is -2.67.